The van der Waals surface area contributed by atoms with Crippen molar-refractivity contribution < 1.29 is 9.34 Å². The second kappa shape index (κ2) is 4.78. The summed E-state index contributed by atoms with van der Waals surface area (Å²) in [4.78, 5) is 14.7. The van der Waals surface area contributed by atoms with Crippen LogP contribution >= 0.6 is 11.3 Å². The summed E-state index contributed by atoms with van der Waals surface area (Å²) in [6.07, 6.45) is 0. The zero-order chi connectivity index (χ0) is 14.1. The van der Waals surface area contributed by atoms with Crippen molar-refractivity contribution in [3.63, 3.8) is 0 Å². The van der Waals surface area contributed by atoms with Gasteiger partial charge in [0, 0.05) is 11.4 Å². The van der Waals surface area contributed by atoms with Gasteiger partial charge in [-0.25, -0.2) is 4.98 Å². The average molecular weight is 287 g/mol. The van der Waals surface area contributed by atoms with E-state index in [1.54, 1.807) is 35.7 Å². The van der Waals surface area contributed by atoms with Crippen molar-refractivity contribution in [1.82, 2.24) is 4.98 Å². The van der Waals surface area contributed by atoms with Crippen molar-refractivity contribution in [2.45, 2.75) is 0 Å². The molecule has 20 heavy (non-hydrogen) atoms. The summed E-state index contributed by atoms with van der Waals surface area (Å²) in [5, 5.41) is 13.2. The van der Waals surface area contributed by atoms with Crippen LogP contribution in [-0.2, 0) is 0 Å². The monoisotopic (exact) mass is 287 g/mol. The molecule has 0 aliphatic heterocycles. The minimum atomic E-state index is -0.432. The van der Waals surface area contributed by atoms with Crippen LogP contribution in [0.2, 0.25) is 0 Å². The highest BCUT2D eigenvalue weighted by atomic mass is 32.1. The predicted octanol–water partition coefficient (Wildman–Crippen LogP) is 3.56. The maximum absolute atomic E-state index is 11.0. The molecule has 0 unspecified atom stereocenters. The number of aromatic nitrogens is 1. The van der Waals surface area contributed by atoms with Gasteiger partial charge in [-0.3, -0.25) is 10.1 Å². The molecule has 0 atom stereocenters. The molecule has 0 bridgehead atoms. The highest BCUT2D eigenvalue weighted by molar-refractivity contribution is 7.13. The summed E-state index contributed by atoms with van der Waals surface area (Å²) in [6, 6.07) is 9.85. The Labute approximate surface area is 117 Å². The van der Waals surface area contributed by atoms with Crippen molar-refractivity contribution in [3.8, 4) is 22.8 Å². The lowest BCUT2D eigenvalue weighted by molar-refractivity contribution is -0.384. The van der Waals surface area contributed by atoms with Crippen LogP contribution in [0.1, 0.15) is 0 Å². The Morgan fingerprint density at radius 1 is 1.20 bits per heavy atom. The second-order valence-electron chi connectivity index (χ2n) is 4.01. The van der Waals surface area contributed by atoms with Crippen LogP contribution in [0.5, 0.6) is 0 Å². The van der Waals surface area contributed by atoms with Gasteiger partial charge in [-0.1, -0.05) is 12.1 Å². The third kappa shape index (κ3) is 2.14. The van der Waals surface area contributed by atoms with E-state index in [-0.39, 0.29) is 5.69 Å². The zero-order valence-electron chi connectivity index (χ0n) is 10.1. The van der Waals surface area contributed by atoms with Gasteiger partial charge in [0.1, 0.15) is 11.5 Å². The van der Waals surface area contributed by atoms with Crippen molar-refractivity contribution in [2.24, 2.45) is 0 Å². The molecule has 0 saturated heterocycles. The standard InChI is InChI=1S/C13H9N3O3S/c14-13-15-9(7-20-13)12-6-5-11(19-12)8-3-1-2-4-10(8)16(17)18/h1-7H,(H2,14,15). The number of nitrogen functional groups attached to an aromatic ring is 1. The van der Waals surface area contributed by atoms with E-state index in [9.17, 15) is 10.1 Å². The fourth-order valence-electron chi connectivity index (χ4n) is 1.86. The van der Waals surface area contributed by atoms with Crippen LogP contribution < -0.4 is 5.73 Å². The summed E-state index contributed by atoms with van der Waals surface area (Å²) >= 11 is 1.31. The number of nitro groups is 1. The van der Waals surface area contributed by atoms with Crippen molar-refractivity contribution in [2.75, 3.05) is 5.73 Å². The van der Waals surface area contributed by atoms with Gasteiger partial charge < -0.3 is 10.2 Å². The van der Waals surface area contributed by atoms with Gasteiger partial charge in [0.25, 0.3) is 5.69 Å². The van der Waals surface area contributed by atoms with Gasteiger partial charge in [0.05, 0.1) is 10.5 Å². The lowest BCUT2D eigenvalue weighted by Gasteiger charge is -1.98. The molecule has 100 valence electrons. The molecular weight excluding hydrogens is 278 g/mol. The molecule has 0 fully saturated rings. The minimum absolute atomic E-state index is 0.00573. The molecule has 0 amide bonds. The summed E-state index contributed by atoms with van der Waals surface area (Å²) in [5.74, 6) is 0.963. The maximum Gasteiger partial charge on any atom is 0.280 e. The number of hydrogen-bond acceptors (Lipinski definition) is 6. The number of furan rings is 1. The normalized spacial score (nSPS) is 10.6. The Balaban J connectivity index is 2.05. The largest absolute Gasteiger partial charge is 0.454 e. The van der Waals surface area contributed by atoms with E-state index < -0.39 is 4.92 Å². The van der Waals surface area contributed by atoms with Gasteiger partial charge in [-0.05, 0) is 18.2 Å². The summed E-state index contributed by atoms with van der Waals surface area (Å²) < 4.78 is 5.64. The van der Waals surface area contributed by atoms with Crippen LogP contribution in [0.3, 0.4) is 0 Å². The lowest BCUT2D eigenvalue weighted by Crippen LogP contribution is -1.90. The second-order valence-corrected chi connectivity index (χ2v) is 4.90. The fourth-order valence-corrected chi connectivity index (χ4v) is 2.41. The Hall–Kier alpha value is -2.67. The van der Waals surface area contributed by atoms with E-state index in [1.165, 1.54) is 17.4 Å². The van der Waals surface area contributed by atoms with E-state index in [1.807, 2.05) is 0 Å². The van der Waals surface area contributed by atoms with Crippen LogP contribution in [-0.4, -0.2) is 9.91 Å². The summed E-state index contributed by atoms with van der Waals surface area (Å²) in [5.41, 5.74) is 6.64. The first-order valence-corrected chi connectivity index (χ1v) is 6.58. The van der Waals surface area contributed by atoms with Crippen molar-refractivity contribution >= 4 is 22.2 Å². The third-order valence-corrected chi connectivity index (χ3v) is 3.42. The molecule has 0 radical (unpaired) electrons. The number of nitrogens with zero attached hydrogens (tertiary/aromatic N) is 2. The smallest absolute Gasteiger partial charge is 0.280 e. The number of benzene rings is 1. The van der Waals surface area contributed by atoms with E-state index in [2.05, 4.69) is 4.98 Å². The fraction of sp³-hybridized carbons (Fsp3) is 0. The highest BCUT2D eigenvalue weighted by Crippen LogP contribution is 2.34. The van der Waals surface area contributed by atoms with Crippen molar-refractivity contribution in [3.05, 3.63) is 51.9 Å². The first-order chi connectivity index (χ1) is 9.65. The van der Waals surface area contributed by atoms with Gasteiger partial charge in [0.15, 0.2) is 10.9 Å². The number of rotatable bonds is 3. The Morgan fingerprint density at radius 2 is 1.95 bits per heavy atom. The first-order valence-electron chi connectivity index (χ1n) is 5.70. The Bertz CT molecular complexity index is 779. The molecule has 2 aromatic heterocycles. The number of nitrogens with two attached hydrogens (primary N) is 1. The van der Waals surface area contributed by atoms with Crippen LogP contribution in [0.25, 0.3) is 22.8 Å². The average Bonchev–Trinajstić information content (AvgIpc) is 3.07. The summed E-state index contributed by atoms with van der Waals surface area (Å²) in [7, 11) is 0. The lowest BCUT2D eigenvalue weighted by atomic mass is 10.1. The van der Waals surface area contributed by atoms with Crippen LogP contribution in [0.4, 0.5) is 10.8 Å². The SMILES string of the molecule is Nc1nc(-c2ccc(-c3ccccc3[N+](=O)[O-])o2)cs1. The maximum atomic E-state index is 11.0. The van der Waals surface area contributed by atoms with Crippen LogP contribution in [0.15, 0.2) is 46.2 Å². The molecule has 1 aromatic carbocycles. The molecule has 6 nitrogen and oxygen atoms in total. The van der Waals surface area contributed by atoms with E-state index in [0.717, 1.165) is 0 Å². The zero-order valence-corrected chi connectivity index (χ0v) is 11.0. The molecule has 0 aliphatic carbocycles. The highest BCUT2D eigenvalue weighted by Gasteiger charge is 2.18. The first kappa shape index (κ1) is 12.4. The molecule has 3 rings (SSSR count). The van der Waals surface area contributed by atoms with Gasteiger partial charge in [-0.15, -0.1) is 11.3 Å². The summed E-state index contributed by atoms with van der Waals surface area (Å²) in [6.45, 7) is 0. The molecule has 2 N–H and O–H groups in total. The number of hydrogen-bond donors (Lipinski definition) is 1. The number of para-hydroxylation sites is 1. The molecule has 2 heterocycles. The van der Waals surface area contributed by atoms with Gasteiger partial charge in [0.2, 0.25) is 0 Å². The number of anilines is 1. The molecule has 0 saturated carbocycles. The predicted molar refractivity (Wildman–Crippen MR) is 76.3 cm³/mol. The third-order valence-electron chi connectivity index (χ3n) is 2.75. The molecule has 7 heteroatoms. The van der Waals surface area contributed by atoms with Crippen LogP contribution in [0, 0.1) is 10.1 Å². The Morgan fingerprint density at radius 3 is 2.65 bits per heavy atom. The van der Waals surface area contributed by atoms with Gasteiger partial charge in [-0.2, -0.15) is 0 Å². The molecule has 0 spiro atoms. The molecule has 0 aliphatic rings. The number of nitro benzene ring substituents is 1. The van der Waals surface area contributed by atoms with E-state index in [4.69, 9.17) is 10.2 Å². The Kier molecular flexibility index (Phi) is 2.96. The molecule has 3 aromatic rings. The van der Waals surface area contributed by atoms with E-state index in [0.29, 0.717) is 27.9 Å². The van der Waals surface area contributed by atoms with Crippen molar-refractivity contribution in [1.29, 1.82) is 0 Å². The topological polar surface area (TPSA) is 95.2 Å². The quantitative estimate of drug-likeness (QED) is 0.587. The van der Waals surface area contributed by atoms with E-state index >= 15 is 0 Å². The number of thiazole rings is 1. The van der Waals surface area contributed by atoms with Gasteiger partial charge >= 0.3 is 0 Å². The molecular formula is C13H9N3O3S. The minimum Gasteiger partial charge on any atom is -0.454 e.